The van der Waals surface area contributed by atoms with Crippen LogP contribution in [0.2, 0.25) is 0 Å². The van der Waals surface area contributed by atoms with Gasteiger partial charge in [-0.15, -0.1) is 11.8 Å². The normalized spacial score (nSPS) is 17.4. The summed E-state index contributed by atoms with van der Waals surface area (Å²) in [6, 6.07) is 7.23. The van der Waals surface area contributed by atoms with Crippen molar-refractivity contribution in [3.8, 4) is 0 Å². The highest BCUT2D eigenvalue weighted by molar-refractivity contribution is 7.98. The summed E-state index contributed by atoms with van der Waals surface area (Å²) in [6.45, 7) is 0.723. The van der Waals surface area contributed by atoms with E-state index in [-0.39, 0.29) is 24.9 Å². The summed E-state index contributed by atoms with van der Waals surface area (Å²) in [5.41, 5.74) is 0.533. The van der Waals surface area contributed by atoms with Crippen molar-refractivity contribution in [3.05, 3.63) is 29.8 Å². The van der Waals surface area contributed by atoms with Crippen LogP contribution in [0.5, 0.6) is 0 Å². The Kier molecular flexibility index (Phi) is 6.25. The monoisotopic (exact) mass is 350 g/mol. The van der Waals surface area contributed by atoms with Gasteiger partial charge in [-0.3, -0.25) is 14.4 Å². The van der Waals surface area contributed by atoms with Crippen molar-refractivity contribution in [3.63, 3.8) is 0 Å². The van der Waals surface area contributed by atoms with Crippen molar-refractivity contribution in [2.75, 3.05) is 32.9 Å². The highest BCUT2D eigenvalue weighted by Crippen LogP contribution is 2.18. The van der Waals surface area contributed by atoms with Crippen LogP contribution in [-0.2, 0) is 9.59 Å². The fourth-order valence-electron chi connectivity index (χ4n) is 2.73. The maximum absolute atomic E-state index is 12.4. The van der Waals surface area contributed by atoms with E-state index in [2.05, 4.69) is 0 Å². The Bertz CT molecular complexity index is 618. The number of nitrogens with zero attached hydrogens (tertiary/aromatic N) is 2. The van der Waals surface area contributed by atoms with Gasteiger partial charge in [0, 0.05) is 30.6 Å². The summed E-state index contributed by atoms with van der Waals surface area (Å²) in [7, 11) is 1.58. The second-order valence-electron chi connectivity index (χ2n) is 5.91. The predicted molar refractivity (Wildman–Crippen MR) is 92.1 cm³/mol. The van der Waals surface area contributed by atoms with Crippen LogP contribution in [0.4, 0.5) is 0 Å². The fraction of sp³-hybridized carbons (Fsp3) is 0.471. The molecule has 1 unspecified atom stereocenters. The van der Waals surface area contributed by atoms with E-state index in [0.717, 1.165) is 4.90 Å². The van der Waals surface area contributed by atoms with Crippen LogP contribution in [-0.4, -0.2) is 65.6 Å². The molecule has 1 saturated heterocycles. The molecule has 1 fully saturated rings. The number of carbonyl (C=O) groups excluding carboxylic acids is 2. The summed E-state index contributed by atoms with van der Waals surface area (Å²) in [5, 5.41) is 9.10. The summed E-state index contributed by atoms with van der Waals surface area (Å²) >= 11 is 1.60. The number of amides is 2. The first kappa shape index (κ1) is 18.3. The Balaban J connectivity index is 1.94. The van der Waals surface area contributed by atoms with Crippen LogP contribution in [0, 0.1) is 5.92 Å². The zero-order valence-corrected chi connectivity index (χ0v) is 14.7. The average molecular weight is 350 g/mol. The lowest BCUT2D eigenvalue weighted by molar-refractivity contribution is -0.145. The number of hydrogen-bond donors (Lipinski definition) is 1. The summed E-state index contributed by atoms with van der Waals surface area (Å²) in [5.74, 6) is -1.81. The lowest BCUT2D eigenvalue weighted by atomic mass is 9.98. The lowest BCUT2D eigenvalue weighted by Gasteiger charge is -2.32. The van der Waals surface area contributed by atoms with Gasteiger partial charge in [-0.25, -0.2) is 0 Å². The van der Waals surface area contributed by atoms with Crippen LogP contribution in [0.3, 0.4) is 0 Å². The number of benzene rings is 1. The molecule has 0 spiro atoms. The van der Waals surface area contributed by atoms with Gasteiger partial charge in [-0.05, 0) is 43.4 Å². The van der Waals surface area contributed by atoms with Crippen molar-refractivity contribution >= 4 is 29.5 Å². The van der Waals surface area contributed by atoms with Crippen LogP contribution in [0.25, 0.3) is 0 Å². The van der Waals surface area contributed by atoms with Crippen LogP contribution in [0.15, 0.2) is 29.2 Å². The first-order chi connectivity index (χ1) is 11.4. The summed E-state index contributed by atoms with van der Waals surface area (Å²) in [6.07, 6.45) is 3.23. The third-order valence-electron chi connectivity index (χ3n) is 4.18. The zero-order valence-electron chi connectivity index (χ0n) is 13.9. The van der Waals surface area contributed by atoms with Crippen molar-refractivity contribution < 1.29 is 19.5 Å². The highest BCUT2D eigenvalue weighted by Gasteiger charge is 2.29. The van der Waals surface area contributed by atoms with Gasteiger partial charge in [0.15, 0.2) is 0 Å². The molecule has 2 amide bonds. The highest BCUT2D eigenvalue weighted by atomic mass is 32.2. The molecule has 1 aliphatic rings. The number of carboxylic acids is 1. The molecule has 2 rings (SSSR count). The molecule has 1 atom stereocenters. The first-order valence-electron chi connectivity index (χ1n) is 7.82. The number of piperidine rings is 1. The van der Waals surface area contributed by atoms with Gasteiger partial charge in [0.2, 0.25) is 5.91 Å². The van der Waals surface area contributed by atoms with Crippen LogP contribution in [0.1, 0.15) is 23.2 Å². The Labute approximate surface area is 145 Å². The lowest BCUT2D eigenvalue weighted by Crippen LogP contribution is -2.46. The predicted octanol–water partition coefficient (Wildman–Crippen LogP) is 1.80. The molecule has 0 aliphatic carbocycles. The molecule has 130 valence electrons. The average Bonchev–Trinajstić information content (AvgIpc) is 2.61. The minimum Gasteiger partial charge on any atom is -0.481 e. The van der Waals surface area contributed by atoms with Gasteiger partial charge in [-0.1, -0.05) is 0 Å². The van der Waals surface area contributed by atoms with E-state index < -0.39 is 11.9 Å². The molecular formula is C17H22N2O4S. The van der Waals surface area contributed by atoms with E-state index in [1.54, 1.807) is 35.8 Å². The molecule has 6 nitrogen and oxygen atoms in total. The molecule has 1 aromatic carbocycles. The Hall–Kier alpha value is -2.02. The van der Waals surface area contributed by atoms with Gasteiger partial charge in [0.05, 0.1) is 12.5 Å². The quantitative estimate of drug-likeness (QED) is 0.820. The Morgan fingerprint density at radius 3 is 2.54 bits per heavy atom. The molecule has 1 aliphatic heterocycles. The molecule has 1 heterocycles. The number of likely N-dealkylation sites (tertiary alicyclic amines) is 1. The molecule has 0 saturated carbocycles. The molecule has 0 bridgehead atoms. The van der Waals surface area contributed by atoms with E-state index >= 15 is 0 Å². The second-order valence-corrected chi connectivity index (χ2v) is 6.79. The number of likely N-dealkylation sites (N-methyl/N-ethyl adjacent to an activating group) is 1. The third kappa shape index (κ3) is 4.50. The van der Waals surface area contributed by atoms with E-state index in [0.29, 0.717) is 24.9 Å². The zero-order chi connectivity index (χ0) is 17.7. The first-order valence-corrected chi connectivity index (χ1v) is 9.05. The van der Waals surface area contributed by atoms with Gasteiger partial charge in [0.25, 0.3) is 5.91 Å². The molecule has 0 radical (unpaired) electrons. The number of thioether (sulfide) groups is 1. The minimum absolute atomic E-state index is 0.0462. The Morgan fingerprint density at radius 2 is 1.96 bits per heavy atom. The molecule has 24 heavy (non-hydrogen) atoms. The van der Waals surface area contributed by atoms with Crippen molar-refractivity contribution in [1.82, 2.24) is 9.80 Å². The number of rotatable bonds is 5. The van der Waals surface area contributed by atoms with E-state index in [4.69, 9.17) is 5.11 Å². The topological polar surface area (TPSA) is 77.9 Å². The number of carbonyl (C=O) groups is 3. The van der Waals surface area contributed by atoms with Gasteiger partial charge in [0.1, 0.15) is 0 Å². The largest absolute Gasteiger partial charge is 0.481 e. The van der Waals surface area contributed by atoms with E-state index in [9.17, 15) is 14.4 Å². The molecule has 0 aromatic heterocycles. The summed E-state index contributed by atoms with van der Waals surface area (Å²) in [4.78, 5) is 39.8. The Morgan fingerprint density at radius 1 is 1.29 bits per heavy atom. The minimum atomic E-state index is -0.870. The summed E-state index contributed by atoms with van der Waals surface area (Å²) < 4.78 is 0. The van der Waals surface area contributed by atoms with Crippen molar-refractivity contribution in [2.45, 2.75) is 17.7 Å². The molecule has 7 heteroatoms. The van der Waals surface area contributed by atoms with E-state index in [1.807, 2.05) is 18.4 Å². The maximum Gasteiger partial charge on any atom is 0.308 e. The van der Waals surface area contributed by atoms with Gasteiger partial charge in [-0.2, -0.15) is 0 Å². The van der Waals surface area contributed by atoms with Crippen LogP contribution < -0.4 is 0 Å². The van der Waals surface area contributed by atoms with Crippen LogP contribution >= 0.6 is 11.8 Å². The molecule has 1 N–H and O–H groups in total. The number of carboxylic acid groups (broad SMARTS) is 1. The SMILES string of the molecule is CSc1ccc(C(=O)N(C)CC(=O)N2CCCC(C(=O)O)C2)cc1. The molecular weight excluding hydrogens is 328 g/mol. The molecule has 1 aromatic rings. The maximum atomic E-state index is 12.4. The smallest absolute Gasteiger partial charge is 0.308 e. The second kappa shape index (κ2) is 8.19. The van der Waals surface area contributed by atoms with Crippen molar-refractivity contribution in [2.24, 2.45) is 5.92 Å². The standard InChI is InChI=1S/C17H22N2O4S/c1-18(16(21)12-5-7-14(24-2)8-6-12)11-15(20)19-9-3-4-13(10-19)17(22)23/h5-8,13H,3-4,9-11H2,1-2H3,(H,22,23). The number of aliphatic carboxylic acids is 1. The van der Waals surface area contributed by atoms with Crippen molar-refractivity contribution in [1.29, 1.82) is 0 Å². The van der Waals surface area contributed by atoms with Gasteiger partial charge < -0.3 is 14.9 Å². The van der Waals surface area contributed by atoms with E-state index in [1.165, 1.54) is 4.90 Å². The fourth-order valence-corrected chi connectivity index (χ4v) is 3.14. The number of hydrogen-bond acceptors (Lipinski definition) is 4. The van der Waals surface area contributed by atoms with Gasteiger partial charge >= 0.3 is 5.97 Å². The third-order valence-corrected chi connectivity index (χ3v) is 4.92.